The number of alkyl halides is 1. The molecule has 0 radical (unpaired) electrons. The first-order chi connectivity index (χ1) is 5.95. The molecule has 0 aliphatic heterocycles. The van der Waals surface area contributed by atoms with Crippen molar-refractivity contribution in [3.05, 3.63) is 15.9 Å². The number of hydrogen-bond acceptors (Lipinski definition) is 2. The van der Waals surface area contributed by atoms with Crippen LogP contribution in [-0.2, 0) is 4.79 Å². The summed E-state index contributed by atoms with van der Waals surface area (Å²) < 4.78 is 14.5. The Balaban J connectivity index is 3.15. The summed E-state index contributed by atoms with van der Waals surface area (Å²) in [7, 11) is 0. The molecule has 1 atom stereocenters. The number of hydrogen-bond donors (Lipinski definition) is 1. The van der Waals surface area contributed by atoms with Gasteiger partial charge in [-0.2, -0.15) is 5.10 Å². The first-order valence-corrected chi connectivity index (χ1v) is 4.32. The summed E-state index contributed by atoms with van der Waals surface area (Å²) >= 11 is 3.17. The molecule has 13 heavy (non-hydrogen) atoms. The fourth-order valence-corrected chi connectivity index (χ4v) is 1.23. The van der Waals surface area contributed by atoms with Crippen LogP contribution in [0.5, 0.6) is 0 Å². The van der Waals surface area contributed by atoms with E-state index in [1.54, 1.807) is 13.8 Å². The highest BCUT2D eigenvalue weighted by atomic mass is 79.9. The van der Waals surface area contributed by atoms with Crippen LogP contribution in [-0.4, -0.2) is 20.9 Å². The molecule has 0 spiro atoms. The van der Waals surface area contributed by atoms with Crippen LogP contribution < -0.4 is 0 Å². The van der Waals surface area contributed by atoms with E-state index in [-0.39, 0.29) is 0 Å². The first kappa shape index (κ1) is 10.2. The minimum absolute atomic E-state index is 0.465. The first-order valence-electron chi connectivity index (χ1n) is 3.53. The van der Waals surface area contributed by atoms with E-state index >= 15 is 0 Å². The third-order valence-electron chi connectivity index (χ3n) is 1.66. The smallest absolute Gasteiger partial charge is 0.361 e. The Hall–Kier alpha value is -0.910. The number of carboxylic acids is 1. The van der Waals surface area contributed by atoms with Gasteiger partial charge in [-0.05, 0) is 29.8 Å². The molecule has 72 valence electrons. The van der Waals surface area contributed by atoms with Crippen molar-refractivity contribution in [3.8, 4) is 0 Å². The quantitative estimate of drug-likeness (QED) is 0.872. The van der Waals surface area contributed by atoms with Crippen molar-refractivity contribution in [3.63, 3.8) is 0 Å². The Labute approximate surface area is 82.5 Å². The predicted octanol–water partition coefficient (Wildman–Crippen LogP) is 1.82. The molecule has 4 nitrogen and oxygen atoms in total. The van der Waals surface area contributed by atoms with Crippen LogP contribution in [0.1, 0.15) is 17.7 Å². The van der Waals surface area contributed by atoms with Gasteiger partial charge < -0.3 is 5.11 Å². The van der Waals surface area contributed by atoms with E-state index in [1.807, 2.05) is 0 Å². The third-order valence-corrected chi connectivity index (χ3v) is 2.80. The number of rotatable bonds is 2. The summed E-state index contributed by atoms with van der Waals surface area (Å²) in [6.45, 7) is 3.27. The van der Waals surface area contributed by atoms with Crippen molar-refractivity contribution in [1.82, 2.24) is 9.78 Å². The highest BCUT2D eigenvalue weighted by molar-refractivity contribution is 9.10. The lowest BCUT2D eigenvalue weighted by Gasteiger charge is -2.04. The van der Waals surface area contributed by atoms with Crippen molar-refractivity contribution in [2.24, 2.45) is 0 Å². The van der Waals surface area contributed by atoms with E-state index in [0.717, 1.165) is 4.68 Å². The van der Waals surface area contributed by atoms with Crippen LogP contribution in [0.15, 0.2) is 4.47 Å². The fourth-order valence-electron chi connectivity index (χ4n) is 0.968. The molecule has 0 fully saturated rings. The normalized spacial score (nSPS) is 12.9. The molecule has 1 N–H and O–H groups in total. The van der Waals surface area contributed by atoms with E-state index in [9.17, 15) is 9.18 Å². The Morgan fingerprint density at radius 3 is 2.54 bits per heavy atom. The van der Waals surface area contributed by atoms with Gasteiger partial charge in [-0.15, -0.1) is 0 Å². The molecule has 1 aromatic rings. The topological polar surface area (TPSA) is 55.1 Å². The molecule has 0 aliphatic carbocycles. The zero-order chi connectivity index (χ0) is 10.2. The van der Waals surface area contributed by atoms with Gasteiger partial charge in [0.15, 0.2) is 0 Å². The monoisotopic (exact) mass is 250 g/mol. The molecule has 0 amide bonds. The molecule has 0 aliphatic rings. The molecule has 0 saturated heterocycles. The Morgan fingerprint density at radius 1 is 1.69 bits per heavy atom. The number of aliphatic carboxylic acids is 1. The van der Waals surface area contributed by atoms with E-state index in [4.69, 9.17) is 5.11 Å². The summed E-state index contributed by atoms with van der Waals surface area (Å²) in [5, 5.41) is 12.2. The molecule has 0 aromatic carbocycles. The Kier molecular flexibility index (Phi) is 2.70. The second-order valence-electron chi connectivity index (χ2n) is 2.60. The van der Waals surface area contributed by atoms with Crippen LogP contribution in [0.25, 0.3) is 0 Å². The van der Waals surface area contributed by atoms with Crippen LogP contribution in [0, 0.1) is 13.8 Å². The SMILES string of the molecule is Cc1nn(C(F)C(=O)O)c(C)c1Br. The van der Waals surface area contributed by atoms with Gasteiger partial charge in [-0.25, -0.2) is 13.9 Å². The van der Waals surface area contributed by atoms with Crippen molar-refractivity contribution >= 4 is 21.9 Å². The molecule has 1 unspecified atom stereocenters. The second-order valence-corrected chi connectivity index (χ2v) is 3.40. The lowest BCUT2D eigenvalue weighted by atomic mass is 10.4. The lowest BCUT2D eigenvalue weighted by molar-refractivity contribution is -0.147. The summed E-state index contributed by atoms with van der Waals surface area (Å²) in [5.41, 5.74) is 1.04. The van der Waals surface area contributed by atoms with Gasteiger partial charge in [0.1, 0.15) is 0 Å². The molecule has 1 aromatic heterocycles. The maximum Gasteiger partial charge on any atom is 0.361 e. The van der Waals surface area contributed by atoms with Crippen LogP contribution in [0.3, 0.4) is 0 Å². The minimum atomic E-state index is -2.12. The van der Waals surface area contributed by atoms with Gasteiger partial charge in [-0.3, -0.25) is 0 Å². The average Bonchev–Trinajstić information content (AvgIpc) is 2.31. The standard InChI is InChI=1S/C7H8BrFN2O2/c1-3-5(8)4(2)11(10-3)6(9)7(12)13/h6H,1-2H3,(H,12,13). The van der Waals surface area contributed by atoms with Gasteiger partial charge in [-0.1, -0.05) is 0 Å². The summed E-state index contributed by atoms with van der Waals surface area (Å²) in [6, 6.07) is 0. The molecule has 1 rings (SSSR count). The molecule has 0 bridgehead atoms. The maximum absolute atomic E-state index is 13.0. The summed E-state index contributed by atoms with van der Waals surface area (Å²) in [6.07, 6.45) is -2.12. The molecule has 1 heterocycles. The van der Waals surface area contributed by atoms with Crippen LogP contribution >= 0.6 is 15.9 Å². The van der Waals surface area contributed by atoms with Gasteiger partial charge in [0, 0.05) is 0 Å². The van der Waals surface area contributed by atoms with Crippen molar-refractivity contribution in [1.29, 1.82) is 0 Å². The lowest BCUT2D eigenvalue weighted by Crippen LogP contribution is -2.16. The zero-order valence-corrected chi connectivity index (χ0v) is 8.67. The van der Waals surface area contributed by atoms with Gasteiger partial charge >= 0.3 is 5.97 Å². The average molecular weight is 251 g/mol. The van der Waals surface area contributed by atoms with Crippen molar-refractivity contribution < 1.29 is 14.3 Å². The second kappa shape index (κ2) is 3.45. The summed E-state index contributed by atoms with van der Waals surface area (Å²) in [5.74, 6) is -1.54. The highest BCUT2D eigenvalue weighted by Gasteiger charge is 2.22. The van der Waals surface area contributed by atoms with Crippen LogP contribution in [0.2, 0.25) is 0 Å². The summed E-state index contributed by atoms with van der Waals surface area (Å²) in [4.78, 5) is 10.3. The third kappa shape index (κ3) is 1.72. The van der Waals surface area contributed by atoms with Crippen molar-refractivity contribution in [2.45, 2.75) is 20.1 Å². The highest BCUT2D eigenvalue weighted by Crippen LogP contribution is 2.23. The van der Waals surface area contributed by atoms with E-state index < -0.39 is 12.3 Å². The van der Waals surface area contributed by atoms with E-state index in [1.165, 1.54) is 0 Å². The fraction of sp³-hybridized carbons (Fsp3) is 0.429. The molecule has 6 heteroatoms. The number of halogens is 2. The molecular formula is C7H8BrFN2O2. The largest absolute Gasteiger partial charge is 0.478 e. The number of carbonyl (C=O) groups is 1. The van der Waals surface area contributed by atoms with E-state index in [0.29, 0.717) is 15.9 Å². The number of aromatic nitrogens is 2. The number of nitrogens with zero attached hydrogens (tertiary/aromatic N) is 2. The van der Waals surface area contributed by atoms with E-state index in [2.05, 4.69) is 21.0 Å². The van der Waals surface area contributed by atoms with Crippen LogP contribution in [0.4, 0.5) is 4.39 Å². The zero-order valence-electron chi connectivity index (χ0n) is 7.08. The number of carboxylic acid groups (broad SMARTS) is 1. The van der Waals surface area contributed by atoms with Gasteiger partial charge in [0.2, 0.25) is 0 Å². The molecular weight excluding hydrogens is 243 g/mol. The minimum Gasteiger partial charge on any atom is -0.478 e. The Bertz CT molecular complexity index is 351. The van der Waals surface area contributed by atoms with Gasteiger partial charge in [0.25, 0.3) is 6.30 Å². The predicted molar refractivity (Wildman–Crippen MR) is 47.2 cm³/mol. The van der Waals surface area contributed by atoms with Gasteiger partial charge in [0.05, 0.1) is 15.9 Å². The molecule has 0 saturated carbocycles. The maximum atomic E-state index is 13.0. The van der Waals surface area contributed by atoms with Crippen molar-refractivity contribution in [2.75, 3.05) is 0 Å². The number of aryl methyl sites for hydroxylation is 1. The Morgan fingerprint density at radius 2 is 2.23 bits per heavy atom.